The second-order valence-corrected chi connectivity index (χ2v) is 6.81. The molecule has 2 N–H and O–H groups in total. The van der Waals surface area contributed by atoms with Crippen molar-refractivity contribution < 1.29 is 14.7 Å². The van der Waals surface area contributed by atoms with Gasteiger partial charge in [0, 0.05) is 6.04 Å². The highest BCUT2D eigenvalue weighted by Gasteiger charge is 2.37. The third-order valence-electron chi connectivity index (χ3n) is 5.36. The van der Waals surface area contributed by atoms with Crippen LogP contribution in [0.2, 0.25) is 0 Å². The van der Waals surface area contributed by atoms with E-state index >= 15 is 0 Å². The standard InChI is InChI=1S/C16H27NO3/c1-10-7-8-12(9-11(10)2)17-15(18)13-5-3-4-6-14(13)16(19)20/h10-14H,3-9H2,1-2H3,(H,17,18)(H,19,20)/t10?,11?,12?,13-,14+/m1/s1. The van der Waals surface area contributed by atoms with Gasteiger partial charge in [0.05, 0.1) is 11.8 Å². The van der Waals surface area contributed by atoms with Crippen LogP contribution in [0, 0.1) is 23.7 Å². The lowest BCUT2D eigenvalue weighted by Gasteiger charge is -2.34. The van der Waals surface area contributed by atoms with Crippen molar-refractivity contribution in [1.82, 2.24) is 5.32 Å². The fraction of sp³-hybridized carbons (Fsp3) is 0.875. The SMILES string of the molecule is CC1CCC(NC(=O)[C@@H]2CCCC[C@@H]2C(=O)O)CC1C. The van der Waals surface area contributed by atoms with Gasteiger partial charge in [0.1, 0.15) is 0 Å². The molecular weight excluding hydrogens is 254 g/mol. The lowest BCUT2D eigenvalue weighted by Crippen LogP contribution is -2.46. The van der Waals surface area contributed by atoms with Crippen molar-refractivity contribution in [3.8, 4) is 0 Å². The first-order valence-corrected chi connectivity index (χ1v) is 8.02. The Labute approximate surface area is 121 Å². The van der Waals surface area contributed by atoms with E-state index in [1.165, 1.54) is 0 Å². The number of carboxylic acid groups (broad SMARTS) is 1. The summed E-state index contributed by atoms with van der Waals surface area (Å²) in [7, 11) is 0. The zero-order chi connectivity index (χ0) is 14.7. The second kappa shape index (κ2) is 6.59. The Morgan fingerprint density at radius 2 is 1.60 bits per heavy atom. The summed E-state index contributed by atoms with van der Waals surface area (Å²) in [5.41, 5.74) is 0. The maximum atomic E-state index is 12.4. The largest absolute Gasteiger partial charge is 0.481 e. The van der Waals surface area contributed by atoms with E-state index in [4.69, 9.17) is 0 Å². The van der Waals surface area contributed by atoms with E-state index in [9.17, 15) is 14.7 Å². The molecule has 114 valence electrons. The molecule has 0 radical (unpaired) electrons. The normalized spacial score (nSPS) is 38.2. The number of amides is 1. The van der Waals surface area contributed by atoms with E-state index in [1.807, 2.05) is 0 Å². The average Bonchev–Trinajstić information content (AvgIpc) is 2.43. The molecule has 2 fully saturated rings. The van der Waals surface area contributed by atoms with Crippen molar-refractivity contribution in [1.29, 1.82) is 0 Å². The lowest BCUT2D eigenvalue weighted by atomic mass is 9.77. The van der Waals surface area contributed by atoms with Crippen LogP contribution in [0.3, 0.4) is 0 Å². The van der Waals surface area contributed by atoms with Crippen LogP contribution in [0.15, 0.2) is 0 Å². The summed E-state index contributed by atoms with van der Waals surface area (Å²) in [4.78, 5) is 23.7. The number of hydrogen-bond donors (Lipinski definition) is 2. The van der Waals surface area contributed by atoms with Gasteiger partial charge >= 0.3 is 5.97 Å². The molecule has 2 aliphatic carbocycles. The van der Waals surface area contributed by atoms with E-state index in [1.54, 1.807) is 0 Å². The zero-order valence-corrected chi connectivity index (χ0v) is 12.6. The van der Waals surface area contributed by atoms with Crippen LogP contribution >= 0.6 is 0 Å². The van der Waals surface area contributed by atoms with Gasteiger partial charge in [0.2, 0.25) is 5.91 Å². The Kier molecular flexibility index (Phi) is 5.06. The molecule has 4 heteroatoms. The molecule has 2 saturated carbocycles. The quantitative estimate of drug-likeness (QED) is 0.836. The number of carboxylic acids is 1. The molecular formula is C16H27NO3. The van der Waals surface area contributed by atoms with Crippen LogP contribution < -0.4 is 5.32 Å². The molecule has 2 aliphatic rings. The Balaban J connectivity index is 1.91. The van der Waals surface area contributed by atoms with Gasteiger partial charge in [0.15, 0.2) is 0 Å². The zero-order valence-electron chi connectivity index (χ0n) is 12.6. The van der Waals surface area contributed by atoms with Crippen LogP contribution in [0.4, 0.5) is 0 Å². The van der Waals surface area contributed by atoms with Crippen LogP contribution in [0.5, 0.6) is 0 Å². The number of rotatable bonds is 3. The molecule has 5 atom stereocenters. The van der Waals surface area contributed by atoms with Gasteiger partial charge in [0.25, 0.3) is 0 Å². The Bertz CT molecular complexity index is 369. The minimum Gasteiger partial charge on any atom is -0.481 e. The molecule has 20 heavy (non-hydrogen) atoms. The first-order chi connectivity index (χ1) is 9.49. The maximum Gasteiger partial charge on any atom is 0.307 e. The van der Waals surface area contributed by atoms with Crippen molar-refractivity contribution in [2.75, 3.05) is 0 Å². The minimum absolute atomic E-state index is 0.0242. The van der Waals surface area contributed by atoms with Crippen molar-refractivity contribution in [3.63, 3.8) is 0 Å². The van der Waals surface area contributed by atoms with Crippen LogP contribution in [0.1, 0.15) is 58.8 Å². The summed E-state index contributed by atoms with van der Waals surface area (Å²) in [6.45, 7) is 4.51. The highest BCUT2D eigenvalue weighted by atomic mass is 16.4. The fourth-order valence-electron chi connectivity index (χ4n) is 3.73. The molecule has 0 aromatic carbocycles. The van der Waals surface area contributed by atoms with Crippen molar-refractivity contribution in [3.05, 3.63) is 0 Å². The van der Waals surface area contributed by atoms with Gasteiger partial charge in [-0.15, -0.1) is 0 Å². The topological polar surface area (TPSA) is 66.4 Å². The fourth-order valence-corrected chi connectivity index (χ4v) is 3.73. The number of hydrogen-bond acceptors (Lipinski definition) is 2. The number of aliphatic carboxylic acids is 1. The number of carbonyl (C=O) groups is 2. The molecule has 3 unspecified atom stereocenters. The Morgan fingerprint density at radius 1 is 0.950 bits per heavy atom. The van der Waals surface area contributed by atoms with Crippen LogP contribution in [-0.4, -0.2) is 23.0 Å². The summed E-state index contributed by atoms with van der Waals surface area (Å²) in [6, 6.07) is 0.241. The molecule has 0 bridgehead atoms. The molecule has 0 aromatic rings. The molecule has 4 nitrogen and oxygen atoms in total. The summed E-state index contributed by atoms with van der Waals surface area (Å²) in [5.74, 6) is -0.279. The van der Waals surface area contributed by atoms with Gasteiger partial charge < -0.3 is 10.4 Å². The van der Waals surface area contributed by atoms with Gasteiger partial charge in [-0.3, -0.25) is 9.59 Å². The monoisotopic (exact) mass is 281 g/mol. The smallest absolute Gasteiger partial charge is 0.307 e. The van der Waals surface area contributed by atoms with E-state index in [0.29, 0.717) is 12.3 Å². The van der Waals surface area contributed by atoms with Gasteiger partial charge in [-0.1, -0.05) is 26.7 Å². The lowest BCUT2D eigenvalue weighted by molar-refractivity contribution is -0.149. The molecule has 0 saturated heterocycles. The van der Waals surface area contributed by atoms with E-state index in [-0.39, 0.29) is 17.9 Å². The van der Waals surface area contributed by atoms with Gasteiger partial charge in [-0.25, -0.2) is 0 Å². The molecule has 0 heterocycles. The van der Waals surface area contributed by atoms with Crippen LogP contribution in [-0.2, 0) is 9.59 Å². The summed E-state index contributed by atoms with van der Waals surface area (Å²) in [5, 5.41) is 12.4. The Hall–Kier alpha value is -1.06. The molecule has 0 aromatic heterocycles. The maximum absolute atomic E-state index is 12.4. The molecule has 2 rings (SSSR count). The predicted molar refractivity (Wildman–Crippen MR) is 77.2 cm³/mol. The van der Waals surface area contributed by atoms with Crippen molar-refractivity contribution in [2.45, 2.75) is 64.8 Å². The molecule has 1 amide bonds. The molecule has 0 aliphatic heterocycles. The second-order valence-electron chi connectivity index (χ2n) is 6.81. The first kappa shape index (κ1) is 15.3. The van der Waals surface area contributed by atoms with Gasteiger partial charge in [-0.05, 0) is 43.9 Å². The number of nitrogens with one attached hydrogen (secondary N) is 1. The molecule has 0 spiro atoms. The van der Waals surface area contributed by atoms with Gasteiger partial charge in [-0.2, -0.15) is 0 Å². The third-order valence-corrected chi connectivity index (χ3v) is 5.36. The van der Waals surface area contributed by atoms with Crippen molar-refractivity contribution in [2.24, 2.45) is 23.7 Å². The van der Waals surface area contributed by atoms with E-state index in [2.05, 4.69) is 19.2 Å². The minimum atomic E-state index is -0.810. The van der Waals surface area contributed by atoms with E-state index < -0.39 is 11.9 Å². The number of carbonyl (C=O) groups excluding carboxylic acids is 1. The highest BCUT2D eigenvalue weighted by Crippen LogP contribution is 2.32. The van der Waals surface area contributed by atoms with Crippen molar-refractivity contribution >= 4 is 11.9 Å². The third kappa shape index (κ3) is 3.53. The predicted octanol–water partition coefficient (Wildman–Crippen LogP) is 2.82. The summed E-state index contributed by atoms with van der Waals surface area (Å²) < 4.78 is 0. The Morgan fingerprint density at radius 3 is 2.20 bits per heavy atom. The average molecular weight is 281 g/mol. The van der Waals surface area contributed by atoms with Crippen LogP contribution in [0.25, 0.3) is 0 Å². The first-order valence-electron chi connectivity index (χ1n) is 8.02. The summed E-state index contributed by atoms with van der Waals surface area (Å²) in [6.07, 6.45) is 6.48. The van der Waals surface area contributed by atoms with E-state index in [0.717, 1.165) is 44.4 Å². The highest BCUT2D eigenvalue weighted by molar-refractivity contribution is 5.85. The summed E-state index contributed by atoms with van der Waals surface area (Å²) >= 11 is 0.